The molecule has 1 aromatic heterocycles. The Hall–Kier alpha value is -1.69. The van der Waals surface area contributed by atoms with Crippen molar-refractivity contribution >= 4 is 11.7 Å². The molecular formula is C14H20N4O2. The summed E-state index contributed by atoms with van der Waals surface area (Å²) in [7, 11) is 0. The van der Waals surface area contributed by atoms with Crippen molar-refractivity contribution in [2.45, 2.75) is 32.7 Å². The number of nitrogens with one attached hydrogen (secondary N) is 1. The van der Waals surface area contributed by atoms with Gasteiger partial charge in [0.25, 0.3) is 5.56 Å². The third kappa shape index (κ3) is 2.04. The maximum atomic E-state index is 12.7. The van der Waals surface area contributed by atoms with Crippen LogP contribution in [0.3, 0.4) is 0 Å². The molecule has 2 saturated heterocycles. The number of aromatic nitrogens is 2. The SMILES string of the molecule is CCn1nc(N2CCC3(CCNCC3)C2=O)ccc1=O. The summed E-state index contributed by atoms with van der Waals surface area (Å²) in [5.74, 6) is 0.777. The van der Waals surface area contributed by atoms with Gasteiger partial charge in [0.2, 0.25) is 5.91 Å². The predicted octanol–water partition coefficient (Wildman–Crippen LogP) is 0.370. The summed E-state index contributed by atoms with van der Waals surface area (Å²) in [4.78, 5) is 26.1. The van der Waals surface area contributed by atoms with E-state index in [-0.39, 0.29) is 16.9 Å². The smallest absolute Gasteiger partial charge is 0.266 e. The lowest BCUT2D eigenvalue weighted by molar-refractivity contribution is -0.126. The first kappa shape index (κ1) is 13.3. The molecule has 0 aliphatic carbocycles. The molecule has 1 N–H and O–H groups in total. The Morgan fingerprint density at radius 1 is 1.25 bits per heavy atom. The highest BCUT2D eigenvalue weighted by molar-refractivity contribution is 5.99. The highest BCUT2D eigenvalue weighted by Crippen LogP contribution is 2.40. The summed E-state index contributed by atoms with van der Waals surface area (Å²) < 4.78 is 1.40. The lowest BCUT2D eigenvalue weighted by atomic mass is 9.78. The minimum Gasteiger partial charge on any atom is -0.317 e. The second-order valence-corrected chi connectivity index (χ2v) is 5.58. The highest BCUT2D eigenvalue weighted by atomic mass is 16.2. The molecule has 1 aromatic rings. The first-order valence-corrected chi connectivity index (χ1v) is 7.27. The second kappa shape index (κ2) is 5.01. The van der Waals surface area contributed by atoms with Crippen molar-refractivity contribution in [1.29, 1.82) is 0 Å². The molecule has 108 valence electrons. The number of carbonyl (C=O) groups excluding carboxylic acids is 1. The number of rotatable bonds is 2. The fourth-order valence-corrected chi connectivity index (χ4v) is 3.22. The summed E-state index contributed by atoms with van der Waals surface area (Å²) in [6, 6.07) is 3.15. The minimum atomic E-state index is -0.208. The van der Waals surface area contributed by atoms with Gasteiger partial charge in [-0.3, -0.25) is 14.5 Å². The van der Waals surface area contributed by atoms with Crippen LogP contribution in [0.25, 0.3) is 0 Å². The number of aryl methyl sites for hydroxylation is 1. The first-order valence-electron chi connectivity index (χ1n) is 7.27. The Morgan fingerprint density at radius 2 is 2.00 bits per heavy atom. The molecule has 2 fully saturated rings. The van der Waals surface area contributed by atoms with Crippen molar-refractivity contribution in [2.24, 2.45) is 5.41 Å². The Labute approximate surface area is 117 Å². The molecule has 0 atom stereocenters. The summed E-state index contributed by atoms with van der Waals surface area (Å²) in [5.41, 5.74) is -0.334. The molecule has 0 bridgehead atoms. The fourth-order valence-electron chi connectivity index (χ4n) is 3.22. The molecule has 6 nitrogen and oxygen atoms in total. The van der Waals surface area contributed by atoms with E-state index < -0.39 is 0 Å². The van der Waals surface area contributed by atoms with Gasteiger partial charge in [0.15, 0.2) is 5.82 Å². The summed E-state index contributed by atoms with van der Waals surface area (Å²) in [6.45, 7) is 4.90. The Bertz CT molecular complexity index is 575. The van der Waals surface area contributed by atoms with Gasteiger partial charge in [-0.05, 0) is 45.3 Å². The lowest BCUT2D eigenvalue weighted by Crippen LogP contribution is -2.43. The molecule has 0 saturated carbocycles. The molecule has 2 aliphatic rings. The fraction of sp³-hybridized carbons (Fsp3) is 0.643. The zero-order valence-corrected chi connectivity index (χ0v) is 11.8. The third-order valence-electron chi connectivity index (χ3n) is 4.50. The van der Waals surface area contributed by atoms with E-state index in [1.54, 1.807) is 11.0 Å². The van der Waals surface area contributed by atoms with Gasteiger partial charge in [-0.25, -0.2) is 4.68 Å². The number of amides is 1. The molecule has 1 amide bonds. The summed E-state index contributed by atoms with van der Waals surface area (Å²) in [6.07, 6.45) is 2.69. The van der Waals surface area contributed by atoms with Crippen LogP contribution in [0.5, 0.6) is 0 Å². The van der Waals surface area contributed by atoms with E-state index in [0.29, 0.717) is 18.9 Å². The number of nitrogens with zero attached hydrogens (tertiary/aromatic N) is 3. The molecule has 3 heterocycles. The number of hydrogen-bond acceptors (Lipinski definition) is 4. The van der Waals surface area contributed by atoms with Crippen molar-refractivity contribution in [2.75, 3.05) is 24.5 Å². The van der Waals surface area contributed by atoms with Crippen molar-refractivity contribution in [3.05, 3.63) is 22.5 Å². The predicted molar refractivity (Wildman–Crippen MR) is 75.7 cm³/mol. The van der Waals surface area contributed by atoms with E-state index in [0.717, 1.165) is 32.4 Å². The van der Waals surface area contributed by atoms with Crippen LogP contribution in [-0.2, 0) is 11.3 Å². The van der Waals surface area contributed by atoms with Crippen LogP contribution in [-0.4, -0.2) is 35.3 Å². The lowest BCUT2D eigenvalue weighted by Gasteiger charge is -2.31. The highest BCUT2D eigenvalue weighted by Gasteiger charge is 2.47. The molecule has 6 heteroatoms. The van der Waals surface area contributed by atoms with Gasteiger partial charge in [-0.15, -0.1) is 0 Å². The summed E-state index contributed by atoms with van der Waals surface area (Å²) >= 11 is 0. The first-order chi connectivity index (χ1) is 9.66. The molecule has 0 aromatic carbocycles. The zero-order chi connectivity index (χ0) is 14.2. The van der Waals surface area contributed by atoms with Gasteiger partial charge in [0, 0.05) is 19.2 Å². The van der Waals surface area contributed by atoms with E-state index in [9.17, 15) is 9.59 Å². The average Bonchev–Trinajstić information content (AvgIpc) is 2.78. The average molecular weight is 276 g/mol. The molecular weight excluding hydrogens is 256 g/mol. The minimum absolute atomic E-state index is 0.125. The number of anilines is 1. The monoisotopic (exact) mass is 276 g/mol. The largest absolute Gasteiger partial charge is 0.317 e. The van der Waals surface area contributed by atoms with Crippen molar-refractivity contribution in [3.63, 3.8) is 0 Å². The van der Waals surface area contributed by atoms with Gasteiger partial charge < -0.3 is 5.32 Å². The van der Waals surface area contributed by atoms with Crippen LogP contribution < -0.4 is 15.8 Å². The van der Waals surface area contributed by atoms with Crippen molar-refractivity contribution in [1.82, 2.24) is 15.1 Å². The van der Waals surface area contributed by atoms with Crippen molar-refractivity contribution in [3.8, 4) is 0 Å². The maximum Gasteiger partial charge on any atom is 0.266 e. The molecule has 20 heavy (non-hydrogen) atoms. The van der Waals surface area contributed by atoms with Gasteiger partial charge in [-0.1, -0.05) is 0 Å². The normalized spacial score (nSPS) is 21.6. The number of hydrogen-bond donors (Lipinski definition) is 1. The second-order valence-electron chi connectivity index (χ2n) is 5.58. The molecule has 0 unspecified atom stereocenters. The Morgan fingerprint density at radius 3 is 2.70 bits per heavy atom. The van der Waals surface area contributed by atoms with E-state index in [1.165, 1.54) is 10.7 Å². The van der Waals surface area contributed by atoms with Crippen LogP contribution in [0.2, 0.25) is 0 Å². The molecule has 0 radical (unpaired) electrons. The standard InChI is InChI=1S/C14H20N4O2/c1-2-18-12(19)4-3-11(16-18)17-10-7-14(13(17)20)5-8-15-9-6-14/h3-4,15H,2,5-10H2,1H3. The Balaban J connectivity index is 1.89. The quantitative estimate of drug-likeness (QED) is 0.847. The van der Waals surface area contributed by atoms with Crippen LogP contribution in [0.4, 0.5) is 5.82 Å². The van der Waals surface area contributed by atoms with E-state index in [1.807, 2.05) is 6.92 Å². The van der Waals surface area contributed by atoms with Crippen LogP contribution >= 0.6 is 0 Å². The maximum absolute atomic E-state index is 12.7. The number of piperidine rings is 1. The van der Waals surface area contributed by atoms with Crippen LogP contribution in [0.1, 0.15) is 26.2 Å². The van der Waals surface area contributed by atoms with Crippen LogP contribution in [0, 0.1) is 5.41 Å². The summed E-state index contributed by atoms with van der Waals surface area (Å²) in [5, 5.41) is 7.60. The van der Waals surface area contributed by atoms with Gasteiger partial charge in [0.1, 0.15) is 0 Å². The van der Waals surface area contributed by atoms with Gasteiger partial charge in [0.05, 0.1) is 5.41 Å². The molecule has 1 spiro atoms. The van der Waals surface area contributed by atoms with E-state index in [4.69, 9.17) is 0 Å². The Kier molecular flexibility index (Phi) is 3.33. The van der Waals surface area contributed by atoms with E-state index in [2.05, 4.69) is 10.4 Å². The molecule has 2 aliphatic heterocycles. The van der Waals surface area contributed by atoms with Gasteiger partial charge >= 0.3 is 0 Å². The third-order valence-corrected chi connectivity index (χ3v) is 4.50. The number of carbonyl (C=O) groups is 1. The topological polar surface area (TPSA) is 67.2 Å². The van der Waals surface area contributed by atoms with E-state index >= 15 is 0 Å². The van der Waals surface area contributed by atoms with Gasteiger partial charge in [-0.2, -0.15) is 5.10 Å². The molecule has 3 rings (SSSR count). The van der Waals surface area contributed by atoms with Crippen LogP contribution in [0.15, 0.2) is 16.9 Å². The zero-order valence-electron chi connectivity index (χ0n) is 11.8. The van der Waals surface area contributed by atoms with Crippen molar-refractivity contribution < 1.29 is 4.79 Å².